The zero-order valence-corrected chi connectivity index (χ0v) is 14.8. The van der Waals surface area contributed by atoms with Gasteiger partial charge in [0.25, 0.3) is 0 Å². The summed E-state index contributed by atoms with van der Waals surface area (Å²) >= 11 is 0. The van der Waals surface area contributed by atoms with Gasteiger partial charge in [-0.25, -0.2) is 0 Å². The topological polar surface area (TPSA) is 66.8 Å². The SMILES string of the molecule is CCc1cccc(CC(=O)N2CCC([C@@H]3OCCC3C(=O)O)CC2)c1. The van der Waals surface area contributed by atoms with Crippen LogP contribution in [0.25, 0.3) is 0 Å². The molecule has 2 aliphatic heterocycles. The van der Waals surface area contributed by atoms with Gasteiger partial charge in [-0.3, -0.25) is 9.59 Å². The van der Waals surface area contributed by atoms with E-state index in [1.807, 2.05) is 17.0 Å². The fourth-order valence-corrected chi connectivity index (χ4v) is 4.06. The van der Waals surface area contributed by atoms with E-state index in [9.17, 15) is 14.7 Å². The van der Waals surface area contributed by atoms with Crippen LogP contribution in [0.5, 0.6) is 0 Å². The molecule has 5 heteroatoms. The van der Waals surface area contributed by atoms with E-state index in [0.717, 1.165) is 24.8 Å². The molecule has 0 bridgehead atoms. The van der Waals surface area contributed by atoms with Crippen molar-refractivity contribution in [2.45, 2.75) is 45.1 Å². The molecule has 1 aromatic carbocycles. The van der Waals surface area contributed by atoms with E-state index >= 15 is 0 Å². The Bertz CT molecular complexity index is 622. The lowest BCUT2D eigenvalue weighted by Gasteiger charge is -2.35. The molecule has 1 N–H and O–H groups in total. The summed E-state index contributed by atoms with van der Waals surface area (Å²) in [5, 5.41) is 9.32. The van der Waals surface area contributed by atoms with Crippen LogP contribution in [0.2, 0.25) is 0 Å². The molecule has 136 valence electrons. The highest BCUT2D eigenvalue weighted by Crippen LogP contribution is 2.33. The van der Waals surface area contributed by atoms with Crippen LogP contribution in [-0.4, -0.2) is 47.7 Å². The summed E-state index contributed by atoms with van der Waals surface area (Å²) in [6.07, 6.45) is 3.49. The second-order valence-electron chi connectivity index (χ2n) is 7.14. The van der Waals surface area contributed by atoms with Crippen LogP contribution in [-0.2, 0) is 27.2 Å². The van der Waals surface area contributed by atoms with E-state index < -0.39 is 5.97 Å². The Labute approximate surface area is 149 Å². The number of ether oxygens (including phenoxy) is 1. The number of hydrogen-bond acceptors (Lipinski definition) is 3. The molecular formula is C20H27NO4. The molecule has 0 aromatic heterocycles. The van der Waals surface area contributed by atoms with Gasteiger partial charge in [0.1, 0.15) is 0 Å². The lowest BCUT2D eigenvalue weighted by Crippen LogP contribution is -2.43. The Balaban J connectivity index is 1.53. The molecular weight excluding hydrogens is 318 g/mol. The molecule has 1 amide bonds. The van der Waals surface area contributed by atoms with Crippen molar-refractivity contribution in [2.75, 3.05) is 19.7 Å². The van der Waals surface area contributed by atoms with Crippen molar-refractivity contribution < 1.29 is 19.4 Å². The minimum atomic E-state index is -0.753. The second kappa shape index (κ2) is 8.00. The molecule has 2 saturated heterocycles. The normalized spacial score (nSPS) is 24.4. The van der Waals surface area contributed by atoms with Crippen molar-refractivity contribution in [1.82, 2.24) is 4.90 Å². The zero-order chi connectivity index (χ0) is 17.8. The number of benzene rings is 1. The van der Waals surface area contributed by atoms with Crippen LogP contribution in [0.1, 0.15) is 37.3 Å². The summed E-state index contributed by atoms with van der Waals surface area (Å²) in [6.45, 7) is 4.04. The number of carboxylic acid groups (broad SMARTS) is 1. The van der Waals surface area contributed by atoms with Gasteiger partial charge in [-0.1, -0.05) is 31.2 Å². The number of carbonyl (C=O) groups is 2. The fraction of sp³-hybridized carbons (Fsp3) is 0.600. The van der Waals surface area contributed by atoms with Gasteiger partial charge in [-0.05, 0) is 42.7 Å². The Kier molecular flexibility index (Phi) is 5.74. The molecule has 2 atom stereocenters. The molecule has 0 radical (unpaired) electrons. The van der Waals surface area contributed by atoms with Crippen LogP contribution in [0.3, 0.4) is 0 Å². The summed E-state index contributed by atoms with van der Waals surface area (Å²) in [6, 6.07) is 8.21. The van der Waals surface area contributed by atoms with Crippen LogP contribution >= 0.6 is 0 Å². The van der Waals surface area contributed by atoms with Crippen LogP contribution in [0.4, 0.5) is 0 Å². The van der Waals surface area contributed by atoms with Crippen molar-refractivity contribution in [3.05, 3.63) is 35.4 Å². The number of carbonyl (C=O) groups excluding carboxylic acids is 1. The quantitative estimate of drug-likeness (QED) is 0.890. The second-order valence-corrected chi connectivity index (χ2v) is 7.14. The summed E-state index contributed by atoms with van der Waals surface area (Å²) in [5.41, 5.74) is 2.32. The molecule has 2 heterocycles. The minimum Gasteiger partial charge on any atom is -0.481 e. The van der Waals surface area contributed by atoms with E-state index in [1.165, 1.54) is 5.56 Å². The van der Waals surface area contributed by atoms with E-state index in [0.29, 0.717) is 32.5 Å². The first-order valence-electron chi connectivity index (χ1n) is 9.28. The first-order chi connectivity index (χ1) is 12.1. The van der Waals surface area contributed by atoms with E-state index in [1.54, 1.807) is 0 Å². The highest BCUT2D eigenvalue weighted by Gasteiger charge is 2.40. The van der Waals surface area contributed by atoms with Crippen molar-refractivity contribution >= 4 is 11.9 Å². The Morgan fingerprint density at radius 1 is 1.20 bits per heavy atom. The first kappa shape index (κ1) is 17.9. The maximum atomic E-state index is 12.6. The number of likely N-dealkylation sites (tertiary alicyclic amines) is 1. The molecule has 2 aliphatic rings. The molecule has 1 unspecified atom stereocenters. The third kappa shape index (κ3) is 4.21. The molecule has 3 rings (SSSR count). The fourth-order valence-electron chi connectivity index (χ4n) is 4.06. The maximum Gasteiger partial charge on any atom is 0.309 e. The lowest BCUT2D eigenvalue weighted by atomic mass is 9.84. The maximum absolute atomic E-state index is 12.6. The summed E-state index contributed by atoms with van der Waals surface area (Å²) < 4.78 is 5.70. The van der Waals surface area contributed by atoms with E-state index in [2.05, 4.69) is 19.1 Å². The molecule has 5 nitrogen and oxygen atoms in total. The van der Waals surface area contributed by atoms with Crippen molar-refractivity contribution in [3.8, 4) is 0 Å². The third-order valence-corrected chi connectivity index (χ3v) is 5.56. The number of amides is 1. The number of rotatable bonds is 5. The molecule has 2 fully saturated rings. The zero-order valence-electron chi connectivity index (χ0n) is 14.8. The summed E-state index contributed by atoms with van der Waals surface area (Å²) in [5.74, 6) is -0.731. The number of hydrogen-bond donors (Lipinski definition) is 1. The molecule has 25 heavy (non-hydrogen) atoms. The highest BCUT2D eigenvalue weighted by molar-refractivity contribution is 5.79. The van der Waals surface area contributed by atoms with Gasteiger partial charge in [-0.2, -0.15) is 0 Å². The third-order valence-electron chi connectivity index (χ3n) is 5.56. The van der Waals surface area contributed by atoms with Gasteiger partial charge in [0.05, 0.1) is 18.4 Å². The molecule has 1 aromatic rings. The Morgan fingerprint density at radius 3 is 2.60 bits per heavy atom. The van der Waals surface area contributed by atoms with Gasteiger partial charge >= 0.3 is 5.97 Å². The molecule has 0 aliphatic carbocycles. The highest BCUT2D eigenvalue weighted by atomic mass is 16.5. The first-order valence-corrected chi connectivity index (χ1v) is 9.28. The predicted octanol–water partition coefficient (Wildman–Crippen LogP) is 2.52. The van der Waals surface area contributed by atoms with Crippen molar-refractivity contribution in [1.29, 1.82) is 0 Å². The number of carboxylic acids is 1. The van der Waals surface area contributed by atoms with Gasteiger partial charge in [0.15, 0.2) is 0 Å². The number of piperidine rings is 1. The van der Waals surface area contributed by atoms with Gasteiger partial charge < -0.3 is 14.7 Å². The van der Waals surface area contributed by atoms with Gasteiger partial charge in [0.2, 0.25) is 5.91 Å². The number of aryl methyl sites for hydroxylation is 1. The van der Waals surface area contributed by atoms with Gasteiger partial charge in [0, 0.05) is 19.7 Å². The standard InChI is InChI=1S/C20H27NO4/c1-2-14-4-3-5-15(12-14)13-18(22)21-9-6-16(7-10-21)19-17(20(23)24)8-11-25-19/h3-5,12,16-17,19H,2,6-11,13H2,1H3,(H,23,24)/t17?,19-/m0/s1. The monoisotopic (exact) mass is 345 g/mol. The van der Waals surface area contributed by atoms with Crippen LogP contribution in [0, 0.1) is 11.8 Å². The minimum absolute atomic E-state index is 0.161. The average Bonchev–Trinajstić information content (AvgIpc) is 3.12. The molecule has 0 saturated carbocycles. The van der Waals surface area contributed by atoms with E-state index in [4.69, 9.17) is 4.74 Å². The predicted molar refractivity (Wildman–Crippen MR) is 94.3 cm³/mol. The van der Waals surface area contributed by atoms with E-state index in [-0.39, 0.29) is 23.8 Å². The van der Waals surface area contributed by atoms with Gasteiger partial charge in [-0.15, -0.1) is 0 Å². The van der Waals surface area contributed by atoms with Crippen molar-refractivity contribution in [2.24, 2.45) is 11.8 Å². The van der Waals surface area contributed by atoms with Crippen LogP contribution < -0.4 is 0 Å². The number of aliphatic carboxylic acids is 1. The molecule has 0 spiro atoms. The Hall–Kier alpha value is -1.88. The summed E-state index contributed by atoms with van der Waals surface area (Å²) in [4.78, 5) is 25.8. The Morgan fingerprint density at radius 2 is 1.92 bits per heavy atom. The summed E-state index contributed by atoms with van der Waals surface area (Å²) in [7, 11) is 0. The lowest BCUT2D eigenvalue weighted by molar-refractivity contribution is -0.145. The van der Waals surface area contributed by atoms with Crippen LogP contribution in [0.15, 0.2) is 24.3 Å². The average molecular weight is 345 g/mol. The smallest absolute Gasteiger partial charge is 0.309 e. The van der Waals surface area contributed by atoms with Crippen molar-refractivity contribution in [3.63, 3.8) is 0 Å². The number of nitrogens with zero attached hydrogens (tertiary/aromatic N) is 1. The largest absolute Gasteiger partial charge is 0.481 e.